The van der Waals surface area contributed by atoms with Crippen LogP contribution in [0.5, 0.6) is 0 Å². The smallest absolute Gasteiger partial charge is 0.254 e. The summed E-state index contributed by atoms with van der Waals surface area (Å²) >= 11 is 3.13. The molecule has 1 saturated carbocycles. The minimum atomic E-state index is -0.381. The van der Waals surface area contributed by atoms with Crippen LogP contribution < -0.4 is 5.32 Å². The first kappa shape index (κ1) is 15.0. The lowest BCUT2D eigenvalue weighted by molar-refractivity contribution is 0.0222. The van der Waals surface area contributed by atoms with Crippen LogP contribution in [0.15, 0.2) is 22.7 Å². The van der Waals surface area contributed by atoms with E-state index in [-0.39, 0.29) is 17.3 Å². The van der Waals surface area contributed by atoms with E-state index in [1.165, 1.54) is 25.3 Å². The van der Waals surface area contributed by atoms with Gasteiger partial charge in [-0.05, 0) is 47.0 Å². The van der Waals surface area contributed by atoms with E-state index in [1.807, 2.05) is 4.90 Å². The van der Waals surface area contributed by atoms with Crippen molar-refractivity contribution in [2.24, 2.45) is 0 Å². The highest BCUT2D eigenvalue weighted by molar-refractivity contribution is 9.10. The molecule has 1 aliphatic carbocycles. The number of hydrogen-bond acceptors (Lipinski definition) is 2. The zero-order valence-electron chi connectivity index (χ0n) is 12.0. The third-order valence-corrected chi connectivity index (χ3v) is 5.38. The Hall–Kier alpha value is -0.940. The molecule has 1 aliphatic heterocycles. The van der Waals surface area contributed by atoms with Crippen LogP contribution in [-0.4, -0.2) is 36.0 Å². The average Bonchev–Trinajstić information content (AvgIpc) is 2.51. The molecule has 0 unspecified atom stereocenters. The summed E-state index contributed by atoms with van der Waals surface area (Å²) in [4.78, 5) is 14.8. The molecule has 3 nitrogen and oxygen atoms in total. The fourth-order valence-electron chi connectivity index (χ4n) is 3.60. The molecule has 1 spiro atoms. The fraction of sp³-hybridized carbons (Fsp3) is 0.562. The monoisotopic (exact) mass is 354 g/mol. The van der Waals surface area contributed by atoms with Gasteiger partial charge in [0, 0.05) is 25.2 Å². The Bertz CT molecular complexity index is 535. The van der Waals surface area contributed by atoms with Gasteiger partial charge in [-0.2, -0.15) is 0 Å². The van der Waals surface area contributed by atoms with Gasteiger partial charge in [0.1, 0.15) is 5.82 Å². The first-order valence-corrected chi connectivity index (χ1v) is 8.39. The summed E-state index contributed by atoms with van der Waals surface area (Å²) in [5, 5.41) is 3.43. The van der Waals surface area contributed by atoms with Crippen molar-refractivity contribution < 1.29 is 9.18 Å². The molecule has 0 aromatic heterocycles. The van der Waals surface area contributed by atoms with E-state index >= 15 is 0 Å². The Labute approximate surface area is 133 Å². The van der Waals surface area contributed by atoms with Gasteiger partial charge in [-0.1, -0.05) is 19.3 Å². The Morgan fingerprint density at radius 1 is 1.29 bits per heavy atom. The van der Waals surface area contributed by atoms with Gasteiger partial charge in [0.2, 0.25) is 0 Å². The number of nitrogens with zero attached hydrogens (tertiary/aromatic N) is 1. The molecular weight excluding hydrogens is 335 g/mol. The van der Waals surface area contributed by atoms with Gasteiger partial charge in [0.05, 0.1) is 10.0 Å². The first-order chi connectivity index (χ1) is 10.1. The van der Waals surface area contributed by atoms with Crippen LogP contribution >= 0.6 is 15.9 Å². The second-order valence-corrected chi connectivity index (χ2v) is 6.90. The fourth-order valence-corrected chi connectivity index (χ4v) is 3.85. The maximum Gasteiger partial charge on any atom is 0.254 e. The SMILES string of the molecule is O=C(c1ccc(Br)c(F)c1)N1CCNCC12CCCCC2. The summed E-state index contributed by atoms with van der Waals surface area (Å²) in [6, 6.07) is 4.65. The number of carbonyl (C=O) groups excluding carboxylic acids is 1. The molecule has 0 bridgehead atoms. The molecule has 5 heteroatoms. The van der Waals surface area contributed by atoms with Crippen LogP contribution in [0.4, 0.5) is 4.39 Å². The van der Waals surface area contributed by atoms with E-state index in [9.17, 15) is 9.18 Å². The van der Waals surface area contributed by atoms with Crippen LogP contribution in [-0.2, 0) is 0 Å². The average molecular weight is 355 g/mol. The molecule has 1 N–H and O–H groups in total. The topological polar surface area (TPSA) is 32.3 Å². The first-order valence-electron chi connectivity index (χ1n) is 7.60. The van der Waals surface area contributed by atoms with E-state index in [1.54, 1.807) is 12.1 Å². The molecule has 2 aliphatic rings. The van der Waals surface area contributed by atoms with Crippen molar-refractivity contribution in [3.8, 4) is 0 Å². The Kier molecular flexibility index (Phi) is 4.31. The molecule has 1 heterocycles. The lowest BCUT2D eigenvalue weighted by atomic mass is 9.78. The van der Waals surface area contributed by atoms with Gasteiger partial charge in [0.15, 0.2) is 0 Å². The number of benzene rings is 1. The zero-order chi connectivity index (χ0) is 14.9. The van der Waals surface area contributed by atoms with Crippen LogP contribution in [0.25, 0.3) is 0 Å². The molecule has 3 rings (SSSR count). The van der Waals surface area contributed by atoms with Crippen molar-refractivity contribution in [2.75, 3.05) is 19.6 Å². The van der Waals surface area contributed by atoms with E-state index in [2.05, 4.69) is 21.2 Å². The summed E-state index contributed by atoms with van der Waals surface area (Å²) in [5.41, 5.74) is 0.375. The van der Waals surface area contributed by atoms with Gasteiger partial charge in [-0.15, -0.1) is 0 Å². The van der Waals surface area contributed by atoms with Crippen molar-refractivity contribution in [3.05, 3.63) is 34.1 Å². The van der Waals surface area contributed by atoms with Crippen molar-refractivity contribution in [1.82, 2.24) is 10.2 Å². The quantitative estimate of drug-likeness (QED) is 0.838. The zero-order valence-corrected chi connectivity index (χ0v) is 13.6. The molecule has 1 saturated heterocycles. The van der Waals surface area contributed by atoms with Crippen molar-refractivity contribution in [3.63, 3.8) is 0 Å². The summed E-state index contributed by atoms with van der Waals surface area (Å²) in [6.45, 7) is 2.38. The summed E-state index contributed by atoms with van der Waals surface area (Å²) < 4.78 is 14.1. The second-order valence-electron chi connectivity index (χ2n) is 6.05. The highest BCUT2D eigenvalue weighted by Gasteiger charge is 2.42. The highest BCUT2D eigenvalue weighted by Crippen LogP contribution is 2.35. The number of amides is 1. The predicted octanol–water partition coefficient (Wildman–Crippen LogP) is 3.34. The summed E-state index contributed by atoms with van der Waals surface area (Å²) in [6.07, 6.45) is 5.67. The normalized spacial score (nSPS) is 21.5. The lowest BCUT2D eigenvalue weighted by Gasteiger charge is -2.49. The van der Waals surface area contributed by atoms with Crippen LogP contribution in [0.1, 0.15) is 42.5 Å². The molecule has 1 aromatic carbocycles. The molecule has 114 valence electrons. The molecule has 1 aromatic rings. The van der Waals surface area contributed by atoms with Crippen LogP contribution in [0, 0.1) is 5.82 Å². The summed E-state index contributed by atoms with van der Waals surface area (Å²) in [7, 11) is 0. The number of piperazine rings is 1. The number of nitrogens with one attached hydrogen (secondary N) is 1. The minimum Gasteiger partial charge on any atom is -0.330 e. The predicted molar refractivity (Wildman–Crippen MR) is 83.8 cm³/mol. The third kappa shape index (κ3) is 2.86. The number of rotatable bonds is 1. The molecule has 0 atom stereocenters. The van der Waals surface area contributed by atoms with E-state index in [4.69, 9.17) is 0 Å². The Morgan fingerprint density at radius 3 is 2.76 bits per heavy atom. The van der Waals surface area contributed by atoms with Gasteiger partial charge in [-0.3, -0.25) is 4.79 Å². The van der Waals surface area contributed by atoms with Gasteiger partial charge in [-0.25, -0.2) is 4.39 Å². The van der Waals surface area contributed by atoms with Gasteiger partial charge >= 0.3 is 0 Å². The van der Waals surface area contributed by atoms with Crippen LogP contribution in [0.3, 0.4) is 0 Å². The number of hydrogen-bond donors (Lipinski definition) is 1. The van der Waals surface area contributed by atoms with Crippen molar-refractivity contribution in [2.45, 2.75) is 37.6 Å². The Balaban J connectivity index is 1.88. The summed E-state index contributed by atoms with van der Waals surface area (Å²) in [5.74, 6) is -0.418. The molecule has 2 fully saturated rings. The lowest BCUT2D eigenvalue weighted by Crippen LogP contribution is -2.63. The third-order valence-electron chi connectivity index (χ3n) is 4.73. The second kappa shape index (κ2) is 6.05. The maximum absolute atomic E-state index is 13.7. The minimum absolute atomic E-state index is 0.0372. The number of carbonyl (C=O) groups is 1. The van der Waals surface area contributed by atoms with Crippen LogP contribution in [0.2, 0.25) is 0 Å². The molecule has 21 heavy (non-hydrogen) atoms. The van der Waals surface area contributed by atoms with E-state index < -0.39 is 0 Å². The van der Waals surface area contributed by atoms with E-state index in [0.29, 0.717) is 16.6 Å². The maximum atomic E-state index is 13.7. The largest absolute Gasteiger partial charge is 0.330 e. The van der Waals surface area contributed by atoms with E-state index in [0.717, 1.165) is 25.9 Å². The van der Waals surface area contributed by atoms with Gasteiger partial charge in [0.25, 0.3) is 5.91 Å². The van der Waals surface area contributed by atoms with Crippen molar-refractivity contribution >= 4 is 21.8 Å². The number of halogens is 2. The molecular formula is C16H20BrFN2O. The van der Waals surface area contributed by atoms with Gasteiger partial charge < -0.3 is 10.2 Å². The highest BCUT2D eigenvalue weighted by atomic mass is 79.9. The Morgan fingerprint density at radius 2 is 2.05 bits per heavy atom. The molecule has 0 radical (unpaired) electrons. The standard InChI is InChI=1S/C16H20BrFN2O/c17-13-5-4-12(10-14(13)18)15(21)20-9-8-19-11-16(20)6-2-1-3-7-16/h4-5,10,19H,1-3,6-9,11H2. The van der Waals surface area contributed by atoms with Crippen molar-refractivity contribution in [1.29, 1.82) is 0 Å². The molecule has 1 amide bonds.